The number of piperazine rings is 1. The lowest BCUT2D eigenvalue weighted by Gasteiger charge is -2.37. The Morgan fingerprint density at radius 2 is 1.95 bits per heavy atom. The second-order valence-electron chi connectivity index (χ2n) is 6.17. The quantitative estimate of drug-likeness (QED) is 0.882. The van der Waals surface area contributed by atoms with Crippen molar-refractivity contribution in [2.24, 2.45) is 0 Å². The molecule has 3 aliphatic rings. The van der Waals surface area contributed by atoms with E-state index >= 15 is 0 Å². The number of aliphatic hydroxyl groups is 1. The Labute approximate surface area is 131 Å². The molecule has 116 valence electrons. The molecule has 5 nitrogen and oxygen atoms in total. The molecular weight excluding hydrogens is 290 g/mol. The largest absolute Gasteiger partial charge is 0.474 e. The van der Waals surface area contributed by atoms with E-state index in [0.29, 0.717) is 18.0 Å². The second-order valence-corrected chi connectivity index (χ2v) is 6.17. The maximum absolute atomic E-state index is 9.32. The number of anilines is 1. The summed E-state index contributed by atoms with van der Waals surface area (Å²) in [7, 11) is 0. The van der Waals surface area contributed by atoms with Crippen LogP contribution in [-0.2, 0) is 0 Å². The third kappa shape index (κ3) is 2.82. The first-order chi connectivity index (χ1) is 9.79. The fourth-order valence-corrected chi connectivity index (χ4v) is 3.63. The minimum absolute atomic E-state index is 0. The summed E-state index contributed by atoms with van der Waals surface area (Å²) in [5.41, 5.74) is 1.23. The van der Waals surface area contributed by atoms with Gasteiger partial charge in [-0.25, -0.2) is 4.98 Å². The Balaban J connectivity index is 0.00000132. The Morgan fingerprint density at radius 1 is 1.24 bits per heavy atom. The van der Waals surface area contributed by atoms with Crippen LogP contribution in [0.4, 0.5) is 5.69 Å². The summed E-state index contributed by atoms with van der Waals surface area (Å²) in [5, 5.41) is 12.8. The number of pyridine rings is 1. The summed E-state index contributed by atoms with van der Waals surface area (Å²) in [6.07, 6.45) is 5.77. The van der Waals surface area contributed by atoms with E-state index < -0.39 is 0 Å². The molecule has 2 aliphatic heterocycles. The number of fused-ring (bicyclic) bond motifs is 2. The van der Waals surface area contributed by atoms with Gasteiger partial charge in [0.05, 0.1) is 6.10 Å². The van der Waals surface area contributed by atoms with Crippen LogP contribution in [-0.4, -0.2) is 47.5 Å². The highest BCUT2D eigenvalue weighted by Gasteiger charge is 2.36. The Kier molecular flexibility index (Phi) is 4.24. The van der Waals surface area contributed by atoms with Crippen LogP contribution in [0.1, 0.15) is 25.7 Å². The van der Waals surface area contributed by atoms with E-state index in [1.807, 2.05) is 6.20 Å². The molecule has 0 radical (unpaired) electrons. The number of nitrogens with zero attached hydrogens (tertiary/aromatic N) is 2. The van der Waals surface area contributed by atoms with Crippen LogP contribution in [0.25, 0.3) is 0 Å². The second kappa shape index (κ2) is 5.99. The van der Waals surface area contributed by atoms with Gasteiger partial charge in [0, 0.05) is 56.0 Å². The van der Waals surface area contributed by atoms with Crippen molar-refractivity contribution in [1.82, 2.24) is 10.3 Å². The SMILES string of the molecule is Cl.OC1CC(Oc2cc(N3[C@H]4CC[C@H]3CNC4)ccn2)C1. The molecule has 3 heterocycles. The van der Waals surface area contributed by atoms with E-state index in [9.17, 15) is 5.11 Å². The normalized spacial score (nSPS) is 34.0. The maximum atomic E-state index is 9.32. The molecule has 2 saturated heterocycles. The molecule has 6 heteroatoms. The molecule has 3 fully saturated rings. The number of hydrogen-bond acceptors (Lipinski definition) is 5. The van der Waals surface area contributed by atoms with Crippen LogP contribution in [0.5, 0.6) is 5.88 Å². The van der Waals surface area contributed by atoms with Crippen molar-refractivity contribution >= 4 is 18.1 Å². The standard InChI is InChI=1S/C15H21N3O2.ClH/c19-13-6-14(7-13)20-15-5-10(3-4-17-15)18-11-1-2-12(18)9-16-8-11;/h3-5,11-14,16,19H,1-2,6-9H2;1H/t11-,12-,13?,14?;/m0./s1. The van der Waals surface area contributed by atoms with Crippen LogP contribution < -0.4 is 15.0 Å². The first-order valence-electron chi connectivity index (χ1n) is 7.59. The zero-order valence-electron chi connectivity index (χ0n) is 11.9. The predicted molar refractivity (Wildman–Crippen MR) is 83.3 cm³/mol. The van der Waals surface area contributed by atoms with Gasteiger partial charge in [0.25, 0.3) is 0 Å². The zero-order valence-corrected chi connectivity index (χ0v) is 12.8. The van der Waals surface area contributed by atoms with Gasteiger partial charge in [-0.05, 0) is 18.9 Å². The van der Waals surface area contributed by atoms with Crippen molar-refractivity contribution in [2.45, 2.75) is 50.0 Å². The molecule has 4 rings (SSSR count). The minimum Gasteiger partial charge on any atom is -0.474 e. The van der Waals surface area contributed by atoms with Crippen LogP contribution in [0.15, 0.2) is 18.3 Å². The molecule has 2 atom stereocenters. The predicted octanol–water partition coefficient (Wildman–Crippen LogP) is 1.35. The lowest BCUT2D eigenvalue weighted by atomic mass is 9.92. The molecule has 2 bridgehead atoms. The molecule has 0 unspecified atom stereocenters. The summed E-state index contributed by atoms with van der Waals surface area (Å²) in [6.45, 7) is 2.15. The van der Waals surface area contributed by atoms with Gasteiger partial charge in [0.2, 0.25) is 5.88 Å². The number of hydrogen-bond donors (Lipinski definition) is 2. The van der Waals surface area contributed by atoms with Gasteiger partial charge in [-0.1, -0.05) is 0 Å². The van der Waals surface area contributed by atoms with E-state index in [0.717, 1.165) is 25.9 Å². The fraction of sp³-hybridized carbons (Fsp3) is 0.667. The van der Waals surface area contributed by atoms with Crippen molar-refractivity contribution in [2.75, 3.05) is 18.0 Å². The maximum Gasteiger partial charge on any atom is 0.215 e. The van der Waals surface area contributed by atoms with Crippen LogP contribution in [0, 0.1) is 0 Å². The summed E-state index contributed by atoms with van der Waals surface area (Å²) in [6, 6.07) is 5.35. The van der Waals surface area contributed by atoms with Gasteiger partial charge in [0.1, 0.15) is 6.10 Å². The van der Waals surface area contributed by atoms with E-state index in [1.54, 1.807) is 0 Å². The summed E-state index contributed by atoms with van der Waals surface area (Å²) >= 11 is 0. The van der Waals surface area contributed by atoms with Gasteiger partial charge < -0.3 is 20.1 Å². The third-order valence-electron chi connectivity index (χ3n) is 4.75. The average molecular weight is 312 g/mol. The van der Waals surface area contributed by atoms with Gasteiger partial charge in [-0.15, -0.1) is 12.4 Å². The number of aromatic nitrogens is 1. The van der Waals surface area contributed by atoms with Gasteiger partial charge in [-0.3, -0.25) is 0 Å². The average Bonchev–Trinajstić information content (AvgIpc) is 2.67. The molecule has 1 aromatic rings. The van der Waals surface area contributed by atoms with Crippen LogP contribution in [0.2, 0.25) is 0 Å². The molecule has 1 aromatic heterocycles. The Bertz CT molecular complexity index is 480. The lowest BCUT2D eigenvalue weighted by molar-refractivity contribution is -0.0128. The topological polar surface area (TPSA) is 57.6 Å². The first-order valence-corrected chi connectivity index (χ1v) is 7.59. The number of halogens is 1. The van der Waals surface area contributed by atoms with Crippen molar-refractivity contribution < 1.29 is 9.84 Å². The molecular formula is C15H22ClN3O2. The number of nitrogens with one attached hydrogen (secondary N) is 1. The van der Waals surface area contributed by atoms with Gasteiger partial charge >= 0.3 is 0 Å². The van der Waals surface area contributed by atoms with Gasteiger partial charge in [-0.2, -0.15) is 0 Å². The van der Waals surface area contributed by atoms with Crippen molar-refractivity contribution in [3.8, 4) is 5.88 Å². The van der Waals surface area contributed by atoms with Crippen LogP contribution in [0.3, 0.4) is 0 Å². The minimum atomic E-state index is -0.188. The molecule has 0 amide bonds. The van der Waals surface area contributed by atoms with E-state index in [-0.39, 0.29) is 24.6 Å². The molecule has 2 N–H and O–H groups in total. The summed E-state index contributed by atoms with van der Waals surface area (Å²) < 4.78 is 5.83. The summed E-state index contributed by atoms with van der Waals surface area (Å²) in [5.74, 6) is 0.692. The number of rotatable bonds is 3. The first kappa shape index (κ1) is 14.9. The summed E-state index contributed by atoms with van der Waals surface area (Å²) in [4.78, 5) is 6.83. The molecule has 21 heavy (non-hydrogen) atoms. The van der Waals surface area contributed by atoms with Crippen molar-refractivity contribution in [3.05, 3.63) is 18.3 Å². The monoisotopic (exact) mass is 311 g/mol. The highest BCUT2D eigenvalue weighted by Crippen LogP contribution is 2.34. The molecule has 0 aromatic carbocycles. The number of ether oxygens (including phenoxy) is 1. The van der Waals surface area contributed by atoms with E-state index in [4.69, 9.17) is 4.74 Å². The van der Waals surface area contributed by atoms with Gasteiger partial charge in [0.15, 0.2) is 0 Å². The Hall–Kier alpha value is -1.04. The van der Waals surface area contributed by atoms with Crippen molar-refractivity contribution in [3.63, 3.8) is 0 Å². The zero-order chi connectivity index (χ0) is 13.5. The van der Waals surface area contributed by atoms with Crippen molar-refractivity contribution in [1.29, 1.82) is 0 Å². The highest BCUT2D eigenvalue weighted by atomic mass is 35.5. The number of aliphatic hydroxyl groups excluding tert-OH is 1. The third-order valence-corrected chi connectivity index (χ3v) is 4.75. The fourth-order valence-electron chi connectivity index (χ4n) is 3.63. The smallest absolute Gasteiger partial charge is 0.215 e. The highest BCUT2D eigenvalue weighted by molar-refractivity contribution is 5.85. The molecule has 0 spiro atoms. The molecule has 1 aliphatic carbocycles. The molecule has 1 saturated carbocycles. The lowest BCUT2D eigenvalue weighted by Crippen LogP contribution is -2.52. The van der Waals surface area contributed by atoms with E-state index in [1.165, 1.54) is 18.5 Å². The van der Waals surface area contributed by atoms with E-state index in [2.05, 4.69) is 27.3 Å². The van der Waals surface area contributed by atoms with Crippen LogP contribution >= 0.6 is 12.4 Å². The Morgan fingerprint density at radius 3 is 2.62 bits per heavy atom.